The minimum absolute atomic E-state index is 0.0756. The van der Waals surface area contributed by atoms with Crippen molar-refractivity contribution in [2.45, 2.75) is 63.6 Å². The zero-order chi connectivity index (χ0) is 31.5. The van der Waals surface area contributed by atoms with Crippen molar-refractivity contribution in [3.05, 3.63) is 77.7 Å². The van der Waals surface area contributed by atoms with Crippen LogP contribution < -0.4 is 25.5 Å². The molecule has 244 valence electrons. The minimum atomic E-state index is -0.797. The van der Waals surface area contributed by atoms with E-state index < -0.39 is 5.79 Å². The van der Waals surface area contributed by atoms with Gasteiger partial charge in [0.05, 0.1) is 36.8 Å². The maximum absolute atomic E-state index is 12.8. The number of hydrogen-bond acceptors (Lipinski definition) is 10. The molecular formula is C33H43N9O4. The first-order valence-corrected chi connectivity index (χ1v) is 16.4. The first-order valence-electron chi connectivity index (χ1n) is 16.4. The van der Waals surface area contributed by atoms with Gasteiger partial charge >= 0.3 is 5.69 Å². The van der Waals surface area contributed by atoms with Gasteiger partial charge in [0.1, 0.15) is 31.3 Å². The van der Waals surface area contributed by atoms with Crippen LogP contribution in [0.4, 0.5) is 11.4 Å². The molecule has 0 bridgehead atoms. The third kappa shape index (κ3) is 6.26. The topological polar surface area (TPSA) is 117 Å². The van der Waals surface area contributed by atoms with Crippen LogP contribution in [-0.2, 0) is 16.0 Å². The number of benzene rings is 2. The summed E-state index contributed by atoms with van der Waals surface area (Å²) in [6, 6.07) is 16.6. The van der Waals surface area contributed by atoms with Crippen LogP contribution in [0.1, 0.15) is 39.2 Å². The van der Waals surface area contributed by atoms with Crippen LogP contribution in [0.3, 0.4) is 0 Å². The van der Waals surface area contributed by atoms with Crippen molar-refractivity contribution in [1.82, 2.24) is 34.7 Å². The second kappa shape index (κ2) is 13.3. The van der Waals surface area contributed by atoms with E-state index in [1.54, 1.807) is 32.8 Å². The van der Waals surface area contributed by atoms with Gasteiger partial charge in [-0.1, -0.05) is 6.92 Å². The van der Waals surface area contributed by atoms with Gasteiger partial charge in [-0.25, -0.2) is 14.0 Å². The highest BCUT2D eigenvalue weighted by molar-refractivity contribution is 5.54. The molecule has 5 heterocycles. The molecule has 3 aliphatic rings. The Morgan fingerprint density at radius 3 is 2.24 bits per heavy atom. The standard InChI is InChI=1S/C33H43N9O4/c1-3-25(2)42-32(43)40(24-37-42)28-8-6-26(7-9-28)38-17-19-39(20-18-38)27-10-12-29(13-11-27)44-21-30-22-45-33(46-30,31-5-4-14-34-31)23-41-35-15-16-36-41/h6-13,15-16,24-25,30-31,34H,3-5,14,17-23H2,1-2H3/t25?,30-,31?,33-/m1/s1. The van der Waals surface area contributed by atoms with Crippen LogP contribution >= 0.6 is 0 Å². The Morgan fingerprint density at radius 2 is 1.61 bits per heavy atom. The van der Waals surface area contributed by atoms with E-state index in [1.165, 1.54) is 5.69 Å². The molecule has 7 rings (SSSR count). The molecule has 0 amide bonds. The number of ether oxygens (including phenoxy) is 3. The second-order valence-electron chi connectivity index (χ2n) is 12.4. The number of hydrogen-bond donors (Lipinski definition) is 1. The number of anilines is 2. The maximum atomic E-state index is 12.8. The fourth-order valence-corrected chi connectivity index (χ4v) is 6.58. The highest BCUT2D eigenvalue weighted by atomic mass is 16.8. The fourth-order valence-electron chi connectivity index (χ4n) is 6.58. The van der Waals surface area contributed by atoms with Gasteiger partial charge in [0.2, 0.25) is 5.79 Å². The minimum Gasteiger partial charge on any atom is -0.491 e. The van der Waals surface area contributed by atoms with Gasteiger partial charge < -0.3 is 29.3 Å². The van der Waals surface area contributed by atoms with Crippen LogP contribution in [0.15, 0.2) is 72.0 Å². The van der Waals surface area contributed by atoms with Crippen LogP contribution in [0, 0.1) is 0 Å². The van der Waals surface area contributed by atoms with Gasteiger partial charge in [0.15, 0.2) is 0 Å². The predicted molar refractivity (Wildman–Crippen MR) is 174 cm³/mol. The quantitative estimate of drug-likeness (QED) is 0.266. The Bertz CT molecular complexity index is 1610. The van der Waals surface area contributed by atoms with Gasteiger partial charge in [-0.3, -0.25) is 0 Å². The zero-order valence-electron chi connectivity index (χ0n) is 26.6. The van der Waals surface area contributed by atoms with Crippen LogP contribution in [-0.4, -0.2) is 93.2 Å². The lowest BCUT2D eigenvalue weighted by atomic mass is 10.1. The Kier molecular flexibility index (Phi) is 8.78. The van der Waals surface area contributed by atoms with Crippen LogP contribution in [0.2, 0.25) is 0 Å². The first-order chi connectivity index (χ1) is 22.5. The van der Waals surface area contributed by atoms with Crippen molar-refractivity contribution in [3.63, 3.8) is 0 Å². The van der Waals surface area contributed by atoms with E-state index in [-0.39, 0.29) is 23.9 Å². The van der Waals surface area contributed by atoms with E-state index >= 15 is 0 Å². The van der Waals surface area contributed by atoms with Crippen LogP contribution in [0.5, 0.6) is 5.75 Å². The lowest BCUT2D eigenvalue weighted by Gasteiger charge is -2.37. The summed E-state index contributed by atoms with van der Waals surface area (Å²) in [5, 5.41) is 16.4. The van der Waals surface area contributed by atoms with Gasteiger partial charge in [0.25, 0.3) is 0 Å². The maximum Gasteiger partial charge on any atom is 0.350 e. The molecule has 13 heteroatoms. The average Bonchev–Trinajstić information content (AvgIpc) is 3.93. The summed E-state index contributed by atoms with van der Waals surface area (Å²) >= 11 is 0. The van der Waals surface area contributed by atoms with Gasteiger partial charge in [0, 0.05) is 37.6 Å². The number of nitrogens with zero attached hydrogens (tertiary/aromatic N) is 8. The van der Waals surface area contributed by atoms with E-state index in [9.17, 15) is 4.79 Å². The zero-order valence-corrected chi connectivity index (χ0v) is 26.6. The third-order valence-electron chi connectivity index (χ3n) is 9.41. The number of aromatic nitrogens is 6. The highest BCUT2D eigenvalue weighted by Gasteiger charge is 2.50. The van der Waals surface area contributed by atoms with E-state index in [1.807, 2.05) is 31.2 Å². The summed E-state index contributed by atoms with van der Waals surface area (Å²) in [5.74, 6) is 0.0130. The molecular weight excluding hydrogens is 586 g/mol. The monoisotopic (exact) mass is 629 g/mol. The van der Waals surface area contributed by atoms with E-state index in [2.05, 4.69) is 61.6 Å². The van der Waals surface area contributed by atoms with Crippen molar-refractivity contribution >= 4 is 11.4 Å². The fraction of sp³-hybridized carbons (Fsp3) is 0.515. The summed E-state index contributed by atoms with van der Waals surface area (Å²) < 4.78 is 22.1. The molecule has 3 saturated heterocycles. The van der Waals surface area contributed by atoms with E-state index in [4.69, 9.17) is 14.2 Å². The first kappa shape index (κ1) is 30.5. The van der Waals surface area contributed by atoms with Crippen LogP contribution in [0.25, 0.3) is 5.69 Å². The molecule has 1 N–H and O–H groups in total. The summed E-state index contributed by atoms with van der Waals surface area (Å²) in [7, 11) is 0. The normalized spacial score (nSPS) is 24.0. The summed E-state index contributed by atoms with van der Waals surface area (Å²) in [4.78, 5) is 19.2. The number of nitrogens with one attached hydrogen (secondary N) is 1. The van der Waals surface area contributed by atoms with Crippen molar-refractivity contribution in [3.8, 4) is 11.4 Å². The van der Waals surface area contributed by atoms with Crippen molar-refractivity contribution in [2.24, 2.45) is 0 Å². The smallest absolute Gasteiger partial charge is 0.350 e. The molecule has 3 aliphatic heterocycles. The van der Waals surface area contributed by atoms with E-state index in [0.717, 1.165) is 69.1 Å². The summed E-state index contributed by atoms with van der Waals surface area (Å²) in [6.45, 7) is 9.98. The average molecular weight is 630 g/mol. The van der Waals surface area contributed by atoms with Gasteiger partial charge in [-0.05, 0) is 81.3 Å². The number of rotatable bonds is 11. The second-order valence-corrected chi connectivity index (χ2v) is 12.4. The Hall–Kier alpha value is -4.20. The van der Waals surface area contributed by atoms with Crippen molar-refractivity contribution < 1.29 is 14.2 Å². The lowest BCUT2D eigenvalue weighted by Crippen LogP contribution is -2.52. The Morgan fingerprint density at radius 1 is 0.957 bits per heavy atom. The van der Waals surface area contributed by atoms with Crippen molar-refractivity contribution in [1.29, 1.82) is 0 Å². The van der Waals surface area contributed by atoms with Gasteiger partial charge in [-0.2, -0.15) is 20.1 Å². The Labute approximate surface area is 268 Å². The SMILES string of the molecule is CCC(C)n1ncn(-c2ccc(N3CCN(c4ccc(OC[C@@H]5CO[C@@](Cn6nccn6)(C6CCCN6)O5)cc4)CC3)cc2)c1=O. The highest BCUT2D eigenvalue weighted by Crippen LogP contribution is 2.33. The molecule has 0 saturated carbocycles. The summed E-state index contributed by atoms with van der Waals surface area (Å²) in [5.41, 5.74) is 3.05. The van der Waals surface area contributed by atoms with Crippen molar-refractivity contribution in [2.75, 3.05) is 55.7 Å². The molecule has 0 radical (unpaired) electrons. The molecule has 3 fully saturated rings. The Balaban J connectivity index is 0.901. The van der Waals surface area contributed by atoms with Gasteiger partial charge in [-0.15, -0.1) is 0 Å². The lowest BCUT2D eigenvalue weighted by molar-refractivity contribution is -0.201. The molecule has 0 spiro atoms. The third-order valence-corrected chi connectivity index (χ3v) is 9.41. The van der Waals surface area contributed by atoms with E-state index in [0.29, 0.717) is 19.8 Å². The molecule has 0 aliphatic carbocycles. The predicted octanol–water partition coefficient (Wildman–Crippen LogP) is 2.87. The summed E-state index contributed by atoms with van der Waals surface area (Å²) in [6.07, 6.45) is 7.72. The molecule has 2 unspecified atom stereocenters. The molecule has 4 aromatic rings. The largest absolute Gasteiger partial charge is 0.491 e. The molecule has 2 aromatic carbocycles. The molecule has 13 nitrogen and oxygen atoms in total. The molecule has 2 aromatic heterocycles. The molecule has 46 heavy (non-hydrogen) atoms. The molecule has 4 atom stereocenters. The number of piperazine rings is 1.